The van der Waals surface area contributed by atoms with E-state index in [1.54, 1.807) is 4.90 Å². The Balaban J connectivity index is 2.38. The van der Waals surface area contributed by atoms with Gasteiger partial charge in [0, 0.05) is 26.6 Å². The number of carbonyl (C=O) groups is 1. The molecule has 1 aliphatic heterocycles. The van der Waals surface area contributed by atoms with Crippen molar-refractivity contribution < 1.29 is 4.79 Å². The standard InChI is InChI=1S/C15H23N3O/c1-3-12-5-6-13-14(11-12)17(2)15(19)7-10-18(13)9-4-8-16/h5-6,11H,3-4,7-10,16H2,1-2H3. The maximum atomic E-state index is 12.1. The summed E-state index contributed by atoms with van der Waals surface area (Å²) in [6, 6.07) is 6.42. The summed E-state index contributed by atoms with van der Waals surface area (Å²) in [5.41, 5.74) is 9.04. The maximum absolute atomic E-state index is 12.1. The molecule has 1 amide bonds. The number of aryl methyl sites for hydroxylation is 1. The molecule has 19 heavy (non-hydrogen) atoms. The highest BCUT2D eigenvalue weighted by Crippen LogP contribution is 2.33. The third kappa shape index (κ3) is 2.89. The number of anilines is 2. The summed E-state index contributed by atoms with van der Waals surface area (Å²) < 4.78 is 0. The van der Waals surface area contributed by atoms with Crippen molar-refractivity contribution >= 4 is 17.3 Å². The molecule has 0 spiro atoms. The fraction of sp³-hybridized carbons (Fsp3) is 0.533. The van der Waals surface area contributed by atoms with E-state index in [1.165, 1.54) is 5.56 Å². The van der Waals surface area contributed by atoms with Crippen molar-refractivity contribution in [3.63, 3.8) is 0 Å². The van der Waals surface area contributed by atoms with Crippen LogP contribution >= 0.6 is 0 Å². The van der Waals surface area contributed by atoms with Crippen LogP contribution in [0.1, 0.15) is 25.3 Å². The molecule has 1 heterocycles. The van der Waals surface area contributed by atoms with Crippen LogP contribution in [0, 0.1) is 0 Å². The maximum Gasteiger partial charge on any atom is 0.228 e. The Morgan fingerprint density at radius 3 is 2.79 bits per heavy atom. The molecule has 0 atom stereocenters. The summed E-state index contributed by atoms with van der Waals surface area (Å²) in [6.45, 7) is 4.51. The Morgan fingerprint density at radius 2 is 2.11 bits per heavy atom. The zero-order valence-corrected chi connectivity index (χ0v) is 11.9. The van der Waals surface area contributed by atoms with Crippen molar-refractivity contribution in [2.24, 2.45) is 5.73 Å². The Morgan fingerprint density at radius 1 is 1.32 bits per heavy atom. The van der Waals surface area contributed by atoms with Crippen LogP contribution < -0.4 is 15.5 Å². The van der Waals surface area contributed by atoms with Crippen LogP contribution in [-0.4, -0.2) is 32.6 Å². The smallest absolute Gasteiger partial charge is 0.228 e. The van der Waals surface area contributed by atoms with Gasteiger partial charge in [0.05, 0.1) is 11.4 Å². The molecule has 0 saturated heterocycles. The molecule has 4 heteroatoms. The van der Waals surface area contributed by atoms with E-state index in [1.807, 2.05) is 7.05 Å². The number of carbonyl (C=O) groups excluding carboxylic acids is 1. The minimum Gasteiger partial charge on any atom is -0.369 e. The average molecular weight is 261 g/mol. The minimum absolute atomic E-state index is 0.185. The predicted octanol–water partition coefficient (Wildman–Crippen LogP) is 1.77. The lowest BCUT2D eigenvalue weighted by Gasteiger charge is -2.25. The van der Waals surface area contributed by atoms with Crippen molar-refractivity contribution in [2.75, 3.05) is 36.5 Å². The quantitative estimate of drug-likeness (QED) is 0.898. The molecule has 1 aliphatic rings. The number of benzene rings is 1. The molecule has 4 nitrogen and oxygen atoms in total. The zero-order chi connectivity index (χ0) is 13.8. The molecule has 0 unspecified atom stereocenters. The fourth-order valence-corrected chi connectivity index (χ4v) is 2.49. The number of nitrogens with two attached hydrogens (primary N) is 1. The van der Waals surface area contributed by atoms with Crippen LogP contribution in [0.15, 0.2) is 18.2 Å². The minimum atomic E-state index is 0.185. The van der Waals surface area contributed by atoms with Gasteiger partial charge in [-0.3, -0.25) is 4.79 Å². The third-order valence-corrected chi connectivity index (χ3v) is 3.75. The van der Waals surface area contributed by atoms with E-state index >= 15 is 0 Å². The summed E-state index contributed by atoms with van der Waals surface area (Å²) >= 11 is 0. The summed E-state index contributed by atoms with van der Waals surface area (Å²) in [4.78, 5) is 16.1. The lowest BCUT2D eigenvalue weighted by molar-refractivity contribution is -0.118. The van der Waals surface area contributed by atoms with Crippen molar-refractivity contribution in [2.45, 2.75) is 26.2 Å². The van der Waals surface area contributed by atoms with Crippen LogP contribution in [0.3, 0.4) is 0 Å². The molecule has 1 aromatic rings. The Bertz CT molecular complexity index is 459. The van der Waals surface area contributed by atoms with Gasteiger partial charge >= 0.3 is 0 Å². The molecule has 0 fully saturated rings. The number of fused-ring (bicyclic) bond motifs is 1. The van der Waals surface area contributed by atoms with Gasteiger partial charge in [-0.15, -0.1) is 0 Å². The molecular formula is C15H23N3O. The monoisotopic (exact) mass is 261 g/mol. The molecule has 2 N–H and O–H groups in total. The van der Waals surface area contributed by atoms with Crippen molar-refractivity contribution in [1.82, 2.24) is 0 Å². The van der Waals surface area contributed by atoms with E-state index in [0.717, 1.165) is 37.3 Å². The first-order chi connectivity index (χ1) is 9.17. The predicted molar refractivity (Wildman–Crippen MR) is 79.7 cm³/mol. The van der Waals surface area contributed by atoms with E-state index in [9.17, 15) is 4.79 Å². The largest absolute Gasteiger partial charge is 0.369 e. The van der Waals surface area contributed by atoms with E-state index in [4.69, 9.17) is 5.73 Å². The normalized spacial score (nSPS) is 15.4. The highest BCUT2D eigenvalue weighted by Gasteiger charge is 2.23. The van der Waals surface area contributed by atoms with Crippen LogP contribution in [0.5, 0.6) is 0 Å². The number of hydrogen-bond acceptors (Lipinski definition) is 3. The second-order valence-corrected chi connectivity index (χ2v) is 5.01. The van der Waals surface area contributed by atoms with Gasteiger partial charge in [-0.25, -0.2) is 0 Å². The molecule has 0 bridgehead atoms. The van der Waals surface area contributed by atoms with Gasteiger partial charge < -0.3 is 15.5 Å². The fourth-order valence-electron chi connectivity index (χ4n) is 2.49. The van der Waals surface area contributed by atoms with Gasteiger partial charge in [0.25, 0.3) is 0 Å². The van der Waals surface area contributed by atoms with Crippen molar-refractivity contribution in [1.29, 1.82) is 0 Å². The molecule has 1 aromatic carbocycles. The molecule has 2 rings (SSSR count). The molecular weight excluding hydrogens is 238 g/mol. The number of rotatable bonds is 4. The Labute approximate surface area is 115 Å². The number of amides is 1. The topological polar surface area (TPSA) is 49.6 Å². The van der Waals surface area contributed by atoms with E-state index < -0.39 is 0 Å². The van der Waals surface area contributed by atoms with E-state index in [0.29, 0.717) is 13.0 Å². The SMILES string of the molecule is CCc1ccc2c(c1)N(C)C(=O)CCN2CCCN. The average Bonchev–Trinajstić information content (AvgIpc) is 2.56. The van der Waals surface area contributed by atoms with E-state index in [2.05, 4.69) is 30.0 Å². The zero-order valence-electron chi connectivity index (χ0n) is 11.9. The molecule has 0 aliphatic carbocycles. The van der Waals surface area contributed by atoms with Crippen LogP contribution in [0.25, 0.3) is 0 Å². The second kappa shape index (κ2) is 6.06. The molecule has 0 aromatic heterocycles. The summed E-state index contributed by atoms with van der Waals surface area (Å²) in [7, 11) is 1.87. The Hall–Kier alpha value is -1.55. The second-order valence-electron chi connectivity index (χ2n) is 5.01. The highest BCUT2D eigenvalue weighted by atomic mass is 16.2. The Kier molecular flexibility index (Phi) is 4.43. The van der Waals surface area contributed by atoms with Gasteiger partial charge in [-0.1, -0.05) is 13.0 Å². The summed E-state index contributed by atoms with van der Waals surface area (Å²) in [5, 5.41) is 0. The number of nitrogens with zero attached hydrogens (tertiary/aromatic N) is 2. The van der Waals surface area contributed by atoms with Crippen molar-refractivity contribution in [3.8, 4) is 0 Å². The molecule has 0 saturated carbocycles. The van der Waals surface area contributed by atoms with Crippen molar-refractivity contribution in [3.05, 3.63) is 23.8 Å². The van der Waals surface area contributed by atoms with Crippen LogP contribution in [0.4, 0.5) is 11.4 Å². The van der Waals surface area contributed by atoms with Crippen LogP contribution in [0.2, 0.25) is 0 Å². The first-order valence-corrected chi connectivity index (χ1v) is 7.02. The van der Waals surface area contributed by atoms with Gasteiger partial charge in [0.2, 0.25) is 5.91 Å². The summed E-state index contributed by atoms with van der Waals surface area (Å²) in [5.74, 6) is 0.185. The van der Waals surface area contributed by atoms with Gasteiger partial charge in [0.1, 0.15) is 0 Å². The van der Waals surface area contributed by atoms with Gasteiger partial charge in [0.15, 0.2) is 0 Å². The third-order valence-electron chi connectivity index (χ3n) is 3.75. The van der Waals surface area contributed by atoms with Gasteiger partial charge in [-0.2, -0.15) is 0 Å². The summed E-state index contributed by atoms with van der Waals surface area (Å²) in [6.07, 6.45) is 2.50. The van der Waals surface area contributed by atoms with E-state index in [-0.39, 0.29) is 5.91 Å². The molecule has 0 radical (unpaired) electrons. The first kappa shape index (κ1) is 13.9. The lowest BCUT2D eigenvalue weighted by Crippen LogP contribution is -2.27. The first-order valence-electron chi connectivity index (χ1n) is 7.02. The number of hydrogen-bond donors (Lipinski definition) is 1. The highest BCUT2D eigenvalue weighted by molar-refractivity contribution is 5.98. The van der Waals surface area contributed by atoms with Crippen LogP contribution in [-0.2, 0) is 11.2 Å². The molecule has 104 valence electrons. The van der Waals surface area contributed by atoms with Gasteiger partial charge in [-0.05, 0) is 37.1 Å². The lowest BCUT2D eigenvalue weighted by atomic mass is 10.1.